The van der Waals surface area contributed by atoms with Crippen LogP contribution in [-0.4, -0.2) is 35.6 Å². The summed E-state index contributed by atoms with van der Waals surface area (Å²) in [5, 5.41) is 12.0. The lowest BCUT2D eigenvalue weighted by atomic mass is 9.35. The molecule has 3 nitrogen and oxygen atoms in total. The van der Waals surface area contributed by atoms with Gasteiger partial charge in [-0.05, 0) is 130 Å². The summed E-state index contributed by atoms with van der Waals surface area (Å²) in [6.45, 7) is 19.7. The van der Waals surface area contributed by atoms with E-state index in [2.05, 4.69) is 55.4 Å². The zero-order valence-electron chi connectivity index (χ0n) is 23.8. The van der Waals surface area contributed by atoms with E-state index >= 15 is 0 Å². The number of aliphatic hydroxyl groups is 1. The number of hydrogen-bond acceptors (Lipinski definition) is 3. The molecule has 10 atom stereocenters. The molecule has 4 aliphatic carbocycles. The van der Waals surface area contributed by atoms with E-state index < -0.39 is 0 Å². The lowest BCUT2D eigenvalue weighted by Crippen LogP contribution is -2.67. The third-order valence-corrected chi connectivity index (χ3v) is 13.4. The molecule has 1 heterocycles. The van der Waals surface area contributed by atoms with Crippen LogP contribution >= 0.6 is 0 Å². The van der Waals surface area contributed by atoms with Crippen molar-refractivity contribution in [3.8, 4) is 0 Å². The summed E-state index contributed by atoms with van der Waals surface area (Å²) in [7, 11) is 1.91. The minimum Gasteiger partial charge on any atom is -0.393 e. The Balaban J connectivity index is 1.50. The van der Waals surface area contributed by atoms with Crippen LogP contribution in [0.5, 0.6) is 0 Å². The Hall–Kier alpha value is -0.120. The summed E-state index contributed by atoms with van der Waals surface area (Å²) in [5.41, 5.74) is 0.797. The molecule has 5 fully saturated rings. The van der Waals surface area contributed by atoms with E-state index in [0.29, 0.717) is 29.8 Å². The number of hydrogen-bond donors (Lipinski definition) is 1. The third-order valence-electron chi connectivity index (χ3n) is 13.4. The summed E-state index contributed by atoms with van der Waals surface area (Å²) in [6.07, 6.45) is 12.1. The van der Waals surface area contributed by atoms with E-state index in [9.17, 15) is 5.11 Å². The van der Waals surface area contributed by atoms with Crippen LogP contribution in [-0.2, 0) is 9.47 Å². The number of rotatable bonds is 2. The quantitative estimate of drug-likeness (QED) is 0.453. The third kappa shape index (κ3) is 3.24. The highest BCUT2D eigenvalue weighted by Gasteiger charge is 2.71. The lowest BCUT2D eigenvalue weighted by molar-refractivity contribution is -0.258. The smallest absolute Gasteiger partial charge is 0.0693 e. The molecule has 5 rings (SSSR count). The molecule has 4 saturated carbocycles. The van der Waals surface area contributed by atoms with Crippen molar-refractivity contribution in [3.05, 3.63) is 0 Å². The van der Waals surface area contributed by atoms with E-state index in [1.807, 2.05) is 7.11 Å². The Morgan fingerprint density at radius 3 is 2.09 bits per heavy atom. The molecule has 0 aromatic heterocycles. The van der Waals surface area contributed by atoms with Gasteiger partial charge in [-0.15, -0.1) is 0 Å². The lowest BCUT2D eigenvalue weighted by Gasteiger charge is -2.70. The van der Waals surface area contributed by atoms with Gasteiger partial charge in [0.1, 0.15) is 0 Å². The first-order chi connectivity index (χ1) is 15.6. The van der Waals surface area contributed by atoms with Crippen LogP contribution in [0.4, 0.5) is 0 Å². The normalized spacial score (nSPS) is 56.3. The molecule has 196 valence electrons. The van der Waals surface area contributed by atoms with Crippen molar-refractivity contribution in [2.75, 3.05) is 7.11 Å². The summed E-state index contributed by atoms with van der Waals surface area (Å²) >= 11 is 0. The van der Waals surface area contributed by atoms with Crippen LogP contribution in [0.25, 0.3) is 0 Å². The topological polar surface area (TPSA) is 38.7 Å². The maximum Gasteiger partial charge on any atom is 0.0693 e. The first-order valence-corrected chi connectivity index (χ1v) is 14.6. The predicted octanol–water partition coefficient (Wildman–Crippen LogP) is 7.40. The van der Waals surface area contributed by atoms with Gasteiger partial charge in [-0.3, -0.25) is 0 Å². The summed E-state index contributed by atoms with van der Waals surface area (Å²) in [5.74, 6) is 2.08. The summed E-state index contributed by atoms with van der Waals surface area (Å²) < 4.78 is 12.9. The maximum absolute atomic E-state index is 12.0. The molecule has 1 aliphatic heterocycles. The monoisotopic (exact) mass is 474 g/mol. The van der Waals surface area contributed by atoms with Gasteiger partial charge in [-0.2, -0.15) is 0 Å². The second-order valence-electron chi connectivity index (χ2n) is 15.6. The number of fused-ring (bicyclic) bond motifs is 5. The maximum atomic E-state index is 12.0. The highest BCUT2D eigenvalue weighted by molar-refractivity contribution is 5.20. The second kappa shape index (κ2) is 7.70. The molecule has 3 heteroatoms. The minimum absolute atomic E-state index is 0.0465. The number of aliphatic hydroxyl groups excluding tert-OH is 1. The van der Waals surface area contributed by atoms with Crippen LogP contribution in [0.1, 0.15) is 120 Å². The zero-order valence-corrected chi connectivity index (χ0v) is 23.8. The predicted molar refractivity (Wildman–Crippen MR) is 139 cm³/mol. The van der Waals surface area contributed by atoms with Gasteiger partial charge in [0.05, 0.1) is 23.4 Å². The van der Waals surface area contributed by atoms with Crippen molar-refractivity contribution in [2.24, 2.45) is 45.3 Å². The molecule has 34 heavy (non-hydrogen) atoms. The minimum atomic E-state index is -0.208. The molecule has 0 amide bonds. The fourth-order valence-electron chi connectivity index (χ4n) is 11.7. The molecule has 0 radical (unpaired) electrons. The van der Waals surface area contributed by atoms with Crippen LogP contribution in [0.3, 0.4) is 0 Å². The second-order valence-corrected chi connectivity index (χ2v) is 15.6. The molecule has 0 aromatic carbocycles. The van der Waals surface area contributed by atoms with Crippen LogP contribution in [0.15, 0.2) is 0 Å². The van der Waals surface area contributed by atoms with Crippen molar-refractivity contribution in [2.45, 2.75) is 143 Å². The van der Waals surface area contributed by atoms with E-state index in [4.69, 9.17) is 9.47 Å². The molecule has 4 unspecified atom stereocenters. The van der Waals surface area contributed by atoms with Gasteiger partial charge in [0.15, 0.2) is 0 Å². The molecular formula is C31H54O3. The van der Waals surface area contributed by atoms with Gasteiger partial charge < -0.3 is 14.6 Å². The van der Waals surface area contributed by atoms with Gasteiger partial charge in [-0.25, -0.2) is 0 Å². The van der Waals surface area contributed by atoms with Gasteiger partial charge in [0, 0.05) is 7.11 Å². The molecule has 0 spiro atoms. The van der Waals surface area contributed by atoms with Crippen LogP contribution in [0, 0.1) is 45.3 Å². The summed E-state index contributed by atoms with van der Waals surface area (Å²) in [4.78, 5) is 0. The average Bonchev–Trinajstić information content (AvgIpc) is 3.09. The number of ether oxygens (including phenoxy) is 2. The Labute approximate surface area is 210 Å². The Morgan fingerprint density at radius 1 is 0.765 bits per heavy atom. The van der Waals surface area contributed by atoms with E-state index in [1.165, 1.54) is 38.5 Å². The van der Waals surface area contributed by atoms with Crippen LogP contribution < -0.4 is 0 Å². The van der Waals surface area contributed by atoms with Gasteiger partial charge in [0.2, 0.25) is 0 Å². The Bertz CT molecular complexity index is 804. The van der Waals surface area contributed by atoms with E-state index in [0.717, 1.165) is 25.7 Å². The summed E-state index contributed by atoms with van der Waals surface area (Å²) in [6, 6.07) is 0. The standard InChI is InChI=1S/C31H54O3/c1-26(2)14-10-15-31(8,34-26)20-11-17-30(7)25(20)21(32)19-23-28(5)16-13-24(33-9)27(3,4)22(28)12-18-29(23,30)6/h20-25,32H,10-19H2,1-9H3/t20-,21+,22?,23?,24-,25?,28-,29+,30+,31?/m0/s1. The molecule has 0 aromatic rings. The van der Waals surface area contributed by atoms with Crippen molar-refractivity contribution < 1.29 is 14.6 Å². The van der Waals surface area contributed by atoms with Gasteiger partial charge in [0.25, 0.3) is 0 Å². The van der Waals surface area contributed by atoms with E-state index in [1.54, 1.807) is 0 Å². The first kappa shape index (κ1) is 25.5. The van der Waals surface area contributed by atoms with E-state index in [-0.39, 0.29) is 39.0 Å². The van der Waals surface area contributed by atoms with Crippen molar-refractivity contribution >= 4 is 0 Å². The Morgan fingerprint density at radius 2 is 1.44 bits per heavy atom. The van der Waals surface area contributed by atoms with Gasteiger partial charge >= 0.3 is 0 Å². The average molecular weight is 475 g/mol. The SMILES string of the molecule is CO[C@H]1CC[C@@]2(C)C(CC[C@]3(C)C2C[C@@H](O)C2[C@@H](C4(C)CCCC(C)(C)O4)CC[C@]23C)C1(C)C. The fourth-order valence-corrected chi connectivity index (χ4v) is 11.7. The highest BCUT2D eigenvalue weighted by Crippen LogP contribution is 2.76. The molecule has 0 bridgehead atoms. The first-order valence-electron chi connectivity index (χ1n) is 14.6. The van der Waals surface area contributed by atoms with Crippen molar-refractivity contribution in [3.63, 3.8) is 0 Å². The number of methoxy groups -OCH3 is 1. The molecule has 1 saturated heterocycles. The van der Waals surface area contributed by atoms with Crippen molar-refractivity contribution in [1.29, 1.82) is 0 Å². The zero-order chi connectivity index (χ0) is 24.9. The van der Waals surface area contributed by atoms with Crippen LogP contribution in [0.2, 0.25) is 0 Å². The Kier molecular flexibility index (Phi) is 5.78. The molecule has 5 aliphatic rings. The highest BCUT2D eigenvalue weighted by atomic mass is 16.5. The largest absolute Gasteiger partial charge is 0.393 e. The fraction of sp³-hybridized carbons (Fsp3) is 1.00. The molecular weight excluding hydrogens is 420 g/mol. The molecule has 1 N–H and O–H groups in total. The van der Waals surface area contributed by atoms with Gasteiger partial charge in [-0.1, -0.05) is 34.6 Å². The van der Waals surface area contributed by atoms with Crippen molar-refractivity contribution in [1.82, 2.24) is 0 Å².